The average molecular weight is 335 g/mol. The van der Waals surface area contributed by atoms with E-state index in [1.54, 1.807) is 7.11 Å². The highest BCUT2D eigenvalue weighted by atomic mass is 16.5. The van der Waals surface area contributed by atoms with Gasteiger partial charge in [0.1, 0.15) is 12.7 Å². The number of hydrogen-bond acceptors (Lipinski definition) is 5. The number of aliphatic hydroxyl groups is 1. The van der Waals surface area contributed by atoms with E-state index < -0.39 is 6.10 Å². The van der Waals surface area contributed by atoms with E-state index >= 15 is 0 Å². The molecule has 1 heterocycles. The normalized spacial score (nSPS) is 22.8. The molecule has 1 aliphatic heterocycles. The molecule has 134 valence electrons. The Labute approximate surface area is 144 Å². The zero-order valence-corrected chi connectivity index (χ0v) is 14.9. The lowest BCUT2D eigenvalue weighted by Crippen LogP contribution is -2.48. The van der Waals surface area contributed by atoms with Crippen LogP contribution in [0.4, 0.5) is 0 Å². The number of morpholine rings is 1. The van der Waals surface area contributed by atoms with Crippen molar-refractivity contribution in [2.45, 2.75) is 38.6 Å². The summed E-state index contributed by atoms with van der Waals surface area (Å²) in [6, 6.07) is 5.80. The van der Waals surface area contributed by atoms with Gasteiger partial charge in [0.25, 0.3) is 0 Å². The van der Waals surface area contributed by atoms with Gasteiger partial charge in [0, 0.05) is 19.6 Å². The monoisotopic (exact) mass is 335 g/mol. The maximum Gasteiger partial charge on any atom is 0.161 e. The van der Waals surface area contributed by atoms with Crippen molar-refractivity contribution in [3.05, 3.63) is 36.4 Å². The average Bonchev–Trinajstić information content (AvgIpc) is 2.52. The molecular weight excluding hydrogens is 306 g/mol. The smallest absolute Gasteiger partial charge is 0.161 e. The fourth-order valence-corrected chi connectivity index (χ4v) is 3.10. The second-order valence-corrected chi connectivity index (χ2v) is 6.42. The van der Waals surface area contributed by atoms with Crippen LogP contribution in [-0.2, 0) is 11.2 Å². The third kappa shape index (κ3) is 5.51. The van der Waals surface area contributed by atoms with Crippen LogP contribution in [0.2, 0.25) is 0 Å². The predicted octanol–water partition coefficient (Wildman–Crippen LogP) is 2.27. The first-order valence-electron chi connectivity index (χ1n) is 8.48. The van der Waals surface area contributed by atoms with Gasteiger partial charge in [0.2, 0.25) is 0 Å². The maximum absolute atomic E-state index is 10.3. The summed E-state index contributed by atoms with van der Waals surface area (Å²) in [5.41, 5.74) is 1.12. The summed E-state index contributed by atoms with van der Waals surface area (Å²) in [6.45, 7) is 10.3. The molecule has 5 heteroatoms. The topological polar surface area (TPSA) is 51.2 Å². The summed E-state index contributed by atoms with van der Waals surface area (Å²) >= 11 is 0. The Morgan fingerprint density at radius 2 is 2.04 bits per heavy atom. The summed E-state index contributed by atoms with van der Waals surface area (Å²) in [7, 11) is 1.62. The van der Waals surface area contributed by atoms with Gasteiger partial charge < -0.3 is 19.3 Å². The Bertz CT molecular complexity index is 524. The van der Waals surface area contributed by atoms with Gasteiger partial charge in [0.15, 0.2) is 11.5 Å². The number of nitrogens with zero attached hydrogens (tertiary/aromatic N) is 1. The highest BCUT2D eigenvalue weighted by molar-refractivity contribution is 5.43. The van der Waals surface area contributed by atoms with Crippen LogP contribution in [0.5, 0.6) is 11.5 Å². The van der Waals surface area contributed by atoms with E-state index in [4.69, 9.17) is 14.2 Å². The van der Waals surface area contributed by atoms with Crippen LogP contribution in [0.25, 0.3) is 0 Å². The maximum atomic E-state index is 10.3. The van der Waals surface area contributed by atoms with Crippen LogP contribution < -0.4 is 9.47 Å². The van der Waals surface area contributed by atoms with Gasteiger partial charge in [-0.15, -0.1) is 6.58 Å². The largest absolute Gasteiger partial charge is 0.493 e. The standard InChI is InChI=1S/C19H29NO4/c1-5-6-16-7-8-18(19(9-16)22-4)23-13-17(21)12-20-10-14(2)24-15(3)11-20/h5,7-9,14-15,17,21H,1,6,10-13H2,2-4H3/t14-,15-,17-/m1/s1. The third-order valence-corrected chi connectivity index (χ3v) is 4.00. The fraction of sp³-hybridized carbons (Fsp3) is 0.579. The number of methoxy groups -OCH3 is 1. The molecule has 0 unspecified atom stereocenters. The van der Waals surface area contributed by atoms with E-state index in [0.29, 0.717) is 18.0 Å². The molecule has 0 spiro atoms. The first-order chi connectivity index (χ1) is 11.5. The van der Waals surface area contributed by atoms with Gasteiger partial charge in [-0.2, -0.15) is 0 Å². The van der Waals surface area contributed by atoms with E-state index in [2.05, 4.69) is 25.3 Å². The number of allylic oxidation sites excluding steroid dienone is 1. The molecule has 1 fully saturated rings. The van der Waals surface area contributed by atoms with Crippen LogP contribution in [0.3, 0.4) is 0 Å². The van der Waals surface area contributed by atoms with Gasteiger partial charge in [0.05, 0.1) is 19.3 Å². The number of ether oxygens (including phenoxy) is 3. The fourth-order valence-electron chi connectivity index (χ4n) is 3.10. The molecule has 24 heavy (non-hydrogen) atoms. The molecule has 3 atom stereocenters. The van der Waals surface area contributed by atoms with E-state index in [0.717, 1.165) is 25.1 Å². The zero-order chi connectivity index (χ0) is 17.5. The molecule has 1 N–H and O–H groups in total. The third-order valence-electron chi connectivity index (χ3n) is 4.00. The van der Waals surface area contributed by atoms with Crippen molar-refractivity contribution in [3.8, 4) is 11.5 Å². The summed E-state index contributed by atoms with van der Waals surface area (Å²) in [5, 5.41) is 10.3. The van der Waals surface area contributed by atoms with Crippen molar-refractivity contribution in [2.24, 2.45) is 0 Å². The number of aliphatic hydroxyl groups excluding tert-OH is 1. The molecule has 2 rings (SSSR count). The molecule has 1 aromatic carbocycles. The van der Waals surface area contributed by atoms with Gasteiger partial charge in [-0.3, -0.25) is 4.90 Å². The van der Waals surface area contributed by atoms with Crippen molar-refractivity contribution >= 4 is 0 Å². The number of rotatable bonds is 8. The quantitative estimate of drug-likeness (QED) is 0.739. The highest BCUT2D eigenvalue weighted by Crippen LogP contribution is 2.28. The lowest BCUT2D eigenvalue weighted by atomic mass is 10.1. The van der Waals surface area contributed by atoms with Gasteiger partial charge >= 0.3 is 0 Å². The van der Waals surface area contributed by atoms with Crippen LogP contribution in [0.1, 0.15) is 19.4 Å². The van der Waals surface area contributed by atoms with Crippen LogP contribution in [0, 0.1) is 0 Å². The van der Waals surface area contributed by atoms with E-state index in [-0.39, 0.29) is 18.8 Å². The first kappa shape index (κ1) is 18.8. The Morgan fingerprint density at radius 3 is 2.67 bits per heavy atom. The molecule has 5 nitrogen and oxygen atoms in total. The molecule has 1 aromatic rings. The molecule has 0 aliphatic carbocycles. The van der Waals surface area contributed by atoms with Crippen LogP contribution >= 0.6 is 0 Å². The Kier molecular flexibility index (Phi) is 7.09. The molecule has 0 amide bonds. The molecule has 0 radical (unpaired) electrons. The van der Waals surface area contributed by atoms with Crippen molar-refractivity contribution in [3.63, 3.8) is 0 Å². The summed E-state index contributed by atoms with van der Waals surface area (Å²) in [6.07, 6.45) is 2.47. The molecule has 0 aromatic heterocycles. The van der Waals surface area contributed by atoms with E-state index in [9.17, 15) is 5.11 Å². The van der Waals surface area contributed by atoms with Crippen LogP contribution in [-0.4, -0.2) is 61.7 Å². The van der Waals surface area contributed by atoms with Gasteiger partial charge in [-0.25, -0.2) is 0 Å². The van der Waals surface area contributed by atoms with Gasteiger partial charge in [-0.05, 0) is 38.0 Å². The SMILES string of the molecule is C=CCc1ccc(OC[C@H](O)CN2C[C@@H](C)O[C@H](C)C2)c(OC)c1. The highest BCUT2D eigenvalue weighted by Gasteiger charge is 2.24. The molecule has 1 aliphatic rings. The second-order valence-electron chi connectivity index (χ2n) is 6.42. The minimum atomic E-state index is -0.556. The summed E-state index contributed by atoms with van der Waals surface area (Å²) in [5.74, 6) is 1.32. The zero-order valence-electron chi connectivity index (χ0n) is 14.9. The Balaban J connectivity index is 1.86. The Hall–Kier alpha value is -1.56. The van der Waals surface area contributed by atoms with Crippen LogP contribution in [0.15, 0.2) is 30.9 Å². The number of hydrogen-bond donors (Lipinski definition) is 1. The lowest BCUT2D eigenvalue weighted by Gasteiger charge is -2.36. The molecule has 0 bridgehead atoms. The van der Waals surface area contributed by atoms with E-state index in [1.807, 2.05) is 24.3 Å². The van der Waals surface area contributed by atoms with Gasteiger partial charge in [-0.1, -0.05) is 12.1 Å². The first-order valence-corrected chi connectivity index (χ1v) is 8.48. The lowest BCUT2D eigenvalue weighted by molar-refractivity contribution is -0.0787. The minimum absolute atomic E-state index is 0.194. The Morgan fingerprint density at radius 1 is 1.33 bits per heavy atom. The summed E-state index contributed by atoms with van der Waals surface area (Å²) in [4.78, 5) is 2.22. The van der Waals surface area contributed by atoms with Crippen molar-refractivity contribution in [1.82, 2.24) is 4.90 Å². The predicted molar refractivity (Wildman–Crippen MR) is 94.8 cm³/mol. The van der Waals surface area contributed by atoms with Crippen molar-refractivity contribution in [2.75, 3.05) is 33.4 Å². The molecular formula is C19H29NO4. The number of benzene rings is 1. The van der Waals surface area contributed by atoms with Crippen molar-refractivity contribution in [1.29, 1.82) is 0 Å². The second kappa shape index (κ2) is 9.06. The van der Waals surface area contributed by atoms with Crippen molar-refractivity contribution < 1.29 is 19.3 Å². The van der Waals surface area contributed by atoms with E-state index in [1.165, 1.54) is 0 Å². The molecule has 0 saturated carbocycles. The molecule has 1 saturated heterocycles. The summed E-state index contributed by atoms with van der Waals surface area (Å²) < 4.78 is 16.8. The minimum Gasteiger partial charge on any atom is -0.493 e. The number of β-amino-alcohol motifs (C(OH)–C–C–N with tert-alkyl or cyclic N) is 1.